The third-order valence-corrected chi connectivity index (χ3v) is 10.4. The van der Waals surface area contributed by atoms with Crippen LogP contribution in [0.1, 0.15) is 0 Å². The Hall–Kier alpha value is 1.77. The molecule has 6 heteroatoms. The maximum atomic E-state index is 8.00. The first-order valence-corrected chi connectivity index (χ1v) is 11.0. The summed E-state index contributed by atoms with van der Waals surface area (Å²) in [6.45, 7) is 13.8. The molecule has 0 spiro atoms. The zero-order chi connectivity index (χ0) is 8.58. The Morgan fingerprint density at radius 2 is 0.923 bits per heavy atom. The Balaban J connectivity index is -0.000000135. The fourth-order valence-electron chi connectivity index (χ4n) is 1.30. The van der Waals surface area contributed by atoms with Gasteiger partial charge >= 0.3 is 0 Å². The largest absolute Gasteiger partial charge is 0.679 e. The van der Waals surface area contributed by atoms with Crippen LogP contribution in [0.2, 0.25) is 39.3 Å². The van der Waals surface area contributed by atoms with Crippen LogP contribution in [-0.4, -0.2) is 21.4 Å². The van der Waals surface area contributed by atoms with E-state index in [0.717, 1.165) is 0 Å². The molecule has 1 N–H and O–H groups in total. The van der Waals surface area contributed by atoms with Gasteiger partial charge in [0.25, 0.3) is 0 Å². The van der Waals surface area contributed by atoms with E-state index in [4.69, 9.17) is 5.73 Å². The number of hydrogen-bond acceptors (Lipinski definition) is 0. The zero-order valence-electron chi connectivity index (χ0n) is 9.85. The second kappa shape index (κ2) is 7.99. The van der Waals surface area contributed by atoms with E-state index in [1.54, 1.807) is 0 Å². The van der Waals surface area contributed by atoms with Gasteiger partial charge in [-0.05, 0) is 0 Å². The Morgan fingerprint density at radius 1 is 0.769 bits per heavy atom. The maximum Gasteiger partial charge on any atom is 0.0240 e. The van der Waals surface area contributed by atoms with Gasteiger partial charge in [-0.1, -0.05) is 39.3 Å². The first-order valence-electron chi connectivity index (χ1n) is 3.87. The number of rotatable bonds is 2. The summed E-state index contributed by atoms with van der Waals surface area (Å²) in [5, 5.41) is 0.292. The van der Waals surface area contributed by atoms with Gasteiger partial charge in [-0.25, -0.2) is 0 Å². The van der Waals surface area contributed by atoms with Gasteiger partial charge < -0.3 is 5.73 Å². The summed E-state index contributed by atoms with van der Waals surface area (Å²) in [4.78, 5) is 0. The molecule has 0 radical (unpaired) electrons. The minimum atomic E-state index is -1.17. The molecule has 0 saturated heterocycles. The average molecular weight is 298 g/mol. The summed E-state index contributed by atoms with van der Waals surface area (Å²) in [6, 6.07) is 0. The van der Waals surface area contributed by atoms with Crippen LogP contribution in [0, 0.1) is 0 Å². The summed E-state index contributed by atoms with van der Waals surface area (Å²) in [6.07, 6.45) is 0. The van der Waals surface area contributed by atoms with E-state index in [9.17, 15) is 0 Å². The van der Waals surface area contributed by atoms with E-state index < -0.39 is 16.1 Å². The van der Waals surface area contributed by atoms with Gasteiger partial charge in [0.2, 0.25) is 0 Å². The molecule has 0 aromatic carbocycles. The molecule has 13 heavy (non-hydrogen) atoms. The summed E-state index contributed by atoms with van der Waals surface area (Å²) in [5.74, 6) is 0. The molecule has 0 aliphatic rings. The van der Waals surface area contributed by atoms with Crippen molar-refractivity contribution in [2.75, 3.05) is 0 Å². The van der Waals surface area contributed by atoms with Crippen molar-refractivity contribution in [2.24, 2.45) is 0 Å². The molecule has 2 unspecified atom stereocenters. The first kappa shape index (κ1) is 24.1. The van der Waals surface area contributed by atoms with Crippen molar-refractivity contribution in [1.82, 2.24) is 0 Å². The van der Waals surface area contributed by atoms with E-state index in [1.807, 2.05) is 0 Å². The second-order valence-electron chi connectivity index (χ2n) is 5.17. The number of hydrogen-bond donors (Lipinski definition) is 0. The van der Waals surface area contributed by atoms with Crippen molar-refractivity contribution in [3.05, 3.63) is 5.73 Å². The minimum absolute atomic E-state index is 0. The maximum absolute atomic E-state index is 8.00. The van der Waals surface area contributed by atoms with Gasteiger partial charge in [0.1, 0.15) is 0 Å². The molecule has 0 aliphatic carbocycles. The van der Waals surface area contributed by atoms with E-state index in [-0.39, 0.29) is 36.9 Å². The topological polar surface area (TPSA) is 23.8 Å². The monoisotopic (exact) mass is 298 g/mol. The fraction of sp³-hybridized carbons (Fsp3) is 1.00. The van der Waals surface area contributed by atoms with Crippen LogP contribution < -0.4 is 0 Å². The first-order chi connectivity index (χ1) is 4.15. The third kappa shape index (κ3) is 10.1. The molecule has 0 saturated carbocycles. The molecule has 86 valence electrons. The van der Waals surface area contributed by atoms with Gasteiger partial charge in [0, 0.05) is 33.2 Å². The summed E-state index contributed by atoms with van der Waals surface area (Å²) < 4.78 is 0. The smallest absolute Gasteiger partial charge is 0.0240 e. The minimum Gasteiger partial charge on any atom is -0.679 e. The van der Waals surface area contributed by atoms with Crippen molar-refractivity contribution in [1.29, 1.82) is 0 Å². The van der Waals surface area contributed by atoms with Crippen LogP contribution in [0.4, 0.5) is 0 Å². The van der Waals surface area contributed by atoms with Crippen LogP contribution in [0.3, 0.4) is 0 Å². The molecule has 0 bridgehead atoms. The Bertz CT molecular complexity index is 109. The van der Waals surface area contributed by atoms with Crippen molar-refractivity contribution in [2.45, 2.75) is 44.6 Å². The standard InChI is InChI=1S/C7H20NSi2.Fe.2H3P/c1-9(2,3)7(8)10(4,5)6;;;/h7-8H,1-6H3;;2*1H3/q-1;;;. The van der Waals surface area contributed by atoms with Crippen molar-refractivity contribution in [3.8, 4) is 0 Å². The normalized spacial score (nSPS) is 11.1. The van der Waals surface area contributed by atoms with Gasteiger partial charge in [-0.15, -0.1) is 5.29 Å². The summed E-state index contributed by atoms with van der Waals surface area (Å²) in [5.41, 5.74) is 8.00. The summed E-state index contributed by atoms with van der Waals surface area (Å²) >= 11 is 0. The Morgan fingerprint density at radius 3 is 0.923 bits per heavy atom. The van der Waals surface area contributed by atoms with Gasteiger partial charge in [0.15, 0.2) is 0 Å². The molecule has 0 aromatic heterocycles. The average Bonchev–Trinajstić information content (AvgIpc) is 1.59. The van der Waals surface area contributed by atoms with Crippen molar-refractivity contribution < 1.29 is 17.1 Å². The molecule has 0 aliphatic heterocycles. The SMILES string of the molecule is C[Si](C)(C)C([NH-])[Si](C)(C)C.P.P.[Fe]. The van der Waals surface area contributed by atoms with Crippen molar-refractivity contribution >= 4 is 35.9 Å². The van der Waals surface area contributed by atoms with Gasteiger partial charge in [-0.3, -0.25) is 0 Å². The second-order valence-corrected chi connectivity index (χ2v) is 16.4. The van der Waals surface area contributed by atoms with Crippen LogP contribution >= 0.6 is 19.8 Å². The van der Waals surface area contributed by atoms with E-state index in [0.29, 0.717) is 5.29 Å². The molecule has 0 aromatic rings. The van der Waals surface area contributed by atoms with Crippen LogP contribution in [0.5, 0.6) is 0 Å². The summed E-state index contributed by atoms with van der Waals surface area (Å²) in [7, 11) is -2.34. The molecule has 0 heterocycles. The predicted molar refractivity (Wildman–Crippen MR) is 77.0 cm³/mol. The molecule has 0 fully saturated rings. The van der Waals surface area contributed by atoms with Crippen LogP contribution in [0.25, 0.3) is 5.73 Å². The molecular weight excluding hydrogens is 272 g/mol. The van der Waals surface area contributed by atoms with Gasteiger partial charge in [0.05, 0.1) is 0 Å². The van der Waals surface area contributed by atoms with E-state index in [1.165, 1.54) is 0 Å². The number of nitrogens with one attached hydrogen (secondary N) is 1. The Labute approximate surface area is 103 Å². The van der Waals surface area contributed by atoms with E-state index in [2.05, 4.69) is 39.3 Å². The third-order valence-electron chi connectivity index (χ3n) is 1.73. The predicted octanol–water partition coefficient (Wildman–Crippen LogP) is 3.28. The molecule has 1 nitrogen and oxygen atoms in total. The van der Waals surface area contributed by atoms with Crippen molar-refractivity contribution in [3.63, 3.8) is 0 Å². The molecule has 0 rings (SSSR count). The van der Waals surface area contributed by atoms with E-state index >= 15 is 0 Å². The molecule has 2 atom stereocenters. The Kier molecular flexibility index (Phi) is 14.8. The van der Waals surface area contributed by atoms with Gasteiger partial charge in [-0.2, -0.15) is 19.8 Å². The molecule has 0 amide bonds. The fourth-order valence-corrected chi connectivity index (χ4v) is 11.7. The zero-order valence-corrected chi connectivity index (χ0v) is 15.8. The quantitative estimate of drug-likeness (QED) is 0.552. The van der Waals surface area contributed by atoms with Crippen LogP contribution in [-0.2, 0) is 17.1 Å². The van der Waals surface area contributed by atoms with Crippen LogP contribution in [0.15, 0.2) is 0 Å². The molecular formula is C7H26FeNP2Si2-.